The highest BCUT2D eigenvalue weighted by Gasteiger charge is 2.10. The summed E-state index contributed by atoms with van der Waals surface area (Å²) in [5.41, 5.74) is 0. The van der Waals surface area contributed by atoms with E-state index in [2.05, 4.69) is 11.9 Å². The summed E-state index contributed by atoms with van der Waals surface area (Å²) in [6.45, 7) is 2.22. The van der Waals surface area contributed by atoms with Crippen LogP contribution in [0.5, 0.6) is 0 Å². The highest BCUT2D eigenvalue weighted by atomic mass is 79.9. The minimum atomic E-state index is -3.74. The lowest BCUT2D eigenvalue weighted by molar-refractivity contribution is -0.377. The Labute approximate surface area is 152 Å². The summed E-state index contributed by atoms with van der Waals surface area (Å²) in [4.78, 5) is 20.2. The van der Waals surface area contributed by atoms with Gasteiger partial charge in [-0.25, -0.2) is 4.98 Å². The summed E-state index contributed by atoms with van der Waals surface area (Å²) in [6, 6.07) is 5.86. The lowest BCUT2D eigenvalue weighted by atomic mass is 10.1. The molecule has 0 radical (unpaired) electrons. The first-order valence-electron chi connectivity index (χ1n) is 8.52. The van der Waals surface area contributed by atoms with E-state index in [1.165, 1.54) is 44.9 Å². The molecule has 6 heteroatoms. The van der Waals surface area contributed by atoms with Gasteiger partial charge in [0, 0.05) is 18.3 Å². The molecule has 0 amide bonds. The van der Waals surface area contributed by atoms with Gasteiger partial charge in [0.05, 0.1) is 0 Å². The van der Waals surface area contributed by atoms with Gasteiger partial charge < -0.3 is 26.8 Å². The van der Waals surface area contributed by atoms with Crippen LogP contribution in [0.15, 0.2) is 30.6 Å². The zero-order valence-electron chi connectivity index (χ0n) is 14.3. The van der Waals surface area contributed by atoms with E-state index in [0.717, 1.165) is 12.8 Å². The van der Waals surface area contributed by atoms with Crippen LogP contribution in [0.2, 0.25) is 0 Å². The summed E-state index contributed by atoms with van der Waals surface area (Å²) >= 11 is 0. The second-order valence-corrected chi connectivity index (χ2v) is 7.42. The van der Waals surface area contributed by atoms with E-state index in [1.54, 1.807) is 0 Å². The van der Waals surface area contributed by atoms with Gasteiger partial charge in [-0.1, -0.05) is 70.8 Å². The molecule has 1 aromatic heterocycles. The van der Waals surface area contributed by atoms with Gasteiger partial charge in [0.25, 0.3) is 0 Å². The first-order chi connectivity index (χ1) is 10.6. The van der Waals surface area contributed by atoms with Crippen molar-refractivity contribution >= 4 is 7.60 Å². The first kappa shape index (κ1) is 25.0. The molecule has 3 N–H and O–H groups in total. The highest BCUT2D eigenvalue weighted by molar-refractivity contribution is 7.51. The molecule has 0 aliphatic rings. The van der Waals surface area contributed by atoms with Crippen LogP contribution in [-0.4, -0.2) is 15.9 Å². The normalized spacial score (nSPS) is 10.4. The molecule has 4 nitrogen and oxygen atoms in total. The predicted octanol–water partition coefficient (Wildman–Crippen LogP) is 1.59. The van der Waals surface area contributed by atoms with Crippen LogP contribution in [0, 0.1) is 0 Å². The third-order valence-corrected chi connectivity index (χ3v) is 4.31. The van der Waals surface area contributed by atoms with Crippen molar-refractivity contribution in [3.8, 4) is 0 Å². The molecular formula is C17H33BrNO3P. The van der Waals surface area contributed by atoms with E-state index >= 15 is 0 Å². The molecule has 0 bridgehead atoms. The van der Waals surface area contributed by atoms with Gasteiger partial charge in [-0.3, -0.25) is 4.57 Å². The molecule has 0 aromatic carbocycles. The van der Waals surface area contributed by atoms with Crippen LogP contribution < -0.4 is 22.0 Å². The fraction of sp³-hybridized carbons (Fsp3) is 0.706. The molecular weight excluding hydrogens is 377 g/mol. The number of rotatable bonds is 11. The largest absolute Gasteiger partial charge is 1.00 e. The zero-order chi connectivity index (χ0) is 16.5. The second-order valence-electron chi connectivity index (χ2n) is 5.65. The molecule has 0 atom stereocenters. The number of H-pyrrole nitrogens is 1. The summed E-state index contributed by atoms with van der Waals surface area (Å²) in [6.07, 6.45) is 15.7. The Morgan fingerprint density at radius 3 is 1.52 bits per heavy atom. The standard InChI is InChI=1S/C12H27O3P.C5H5N.BrH/c1-2-3-4-5-6-7-8-9-10-11-12-16(13,14)15;1-2-4-6-5-3-1;/h2-12H2,1H3,(H2,13,14,15);1-5H;1H. The summed E-state index contributed by atoms with van der Waals surface area (Å²) in [7, 11) is -3.74. The number of hydrogen-bond donors (Lipinski definition) is 2. The number of unbranched alkanes of at least 4 members (excludes halogenated alkanes) is 9. The Balaban J connectivity index is 0. The lowest BCUT2D eigenvalue weighted by Gasteiger charge is -2.03. The van der Waals surface area contributed by atoms with Crippen molar-refractivity contribution in [1.82, 2.24) is 0 Å². The predicted molar refractivity (Wildman–Crippen MR) is 91.8 cm³/mol. The van der Waals surface area contributed by atoms with Crippen LogP contribution in [-0.2, 0) is 4.57 Å². The Morgan fingerprint density at radius 1 is 0.783 bits per heavy atom. The molecule has 1 aromatic rings. The van der Waals surface area contributed by atoms with Gasteiger partial charge in [0.15, 0.2) is 12.4 Å². The van der Waals surface area contributed by atoms with Crippen LogP contribution in [0.25, 0.3) is 0 Å². The van der Waals surface area contributed by atoms with E-state index in [0.29, 0.717) is 6.42 Å². The maximum atomic E-state index is 10.6. The lowest BCUT2D eigenvalue weighted by Crippen LogP contribution is -3.00. The second kappa shape index (κ2) is 18.1. The maximum absolute atomic E-state index is 10.6. The van der Waals surface area contributed by atoms with Crippen molar-refractivity contribution in [2.24, 2.45) is 0 Å². The summed E-state index contributed by atoms with van der Waals surface area (Å²) < 4.78 is 10.6. The van der Waals surface area contributed by atoms with Crippen molar-refractivity contribution in [3.63, 3.8) is 0 Å². The minimum absolute atomic E-state index is 0. The molecule has 1 rings (SSSR count). The SMILES string of the molecule is CCCCCCCCCCCCP(=O)(O)O.[Br-].c1cc[nH+]cc1. The van der Waals surface area contributed by atoms with Crippen molar-refractivity contribution in [1.29, 1.82) is 0 Å². The van der Waals surface area contributed by atoms with Crippen molar-refractivity contribution < 1.29 is 36.3 Å². The average molecular weight is 410 g/mol. The number of pyridine rings is 1. The van der Waals surface area contributed by atoms with Crippen LogP contribution in [0.3, 0.4) is 0 Å². The van der Waals surface area contributed by atoms with E-state index < -0.39 is 7.60 Å². The van der Waals surface area contributed by atoms with E-state index in [1.807, 2.05) is 30.6 Å². The smallest absolute Gasteiger partial charge is 0.325 e. The van der Waals surface area contributed by atoms with E-state index in [-0.39, 0.29) is 23.1 Å². The fourth-order valence-electron chi connectivity index (χ4n) is 2.15. The third-order valence-electron chi connectivity index (χ3n) is 3.41. The topological polar surface area (TPSA) is 71.7 Å². The Bertz CT molecular complexity index is 347. The summed E-state index contributed by atoms with van der Waals surface area (Å²) in [5, 5.41) is 0. The van der Waals surface area contributed by atoms with E-state index in [9.17, 15) is 4.57 Å². The number of nitrogens with one attached hydrogen (secondary N) is 1. The fourth-order valence-corrected chi connectivity index (χ4v) is 2.78. The van der Waals surface area contributed by atoms with Gasteiger partial charge in [0.1, 0.15) is 0 Å². The molecule has 1 heterocycles. The Kier molecular flexibility index (Phi) is 19.7. The molecule has 0 spiro atoms. The van der Waals surface area contributed by atoms with Gasteiger partial charge in [-0.05, 0) is 6.42 Å². The third kappa shape index (κ3) is 24.2. The minimum Gasteiger partial charge on any atom is -1.00 e. The van der Waals surface area contributed by atoms with Crippen molar-refractivity contribution in [2.75, 3.05) is 6.16 Å². The van der Waals surface area contributed by atoms with Crippen LogP contribution >= 0.6 is 7.60 Å². The molecule has 23 heavy (non-hydrogen) atoms. The molecule has 0 aliphatic carbocycles. The average Bonchev–Trinajstić information content (AvgIpc) is 2.50. The van der Waals surface area contributed by atoms with E-state index in [4.69, 9.17) is 9.79 Å². The summed E-state index contributed by atoms with van der Waals surface area (Å²) in [5.74, 6) is 0. The Hall–Kier alpha value is -0.220. The molecule has 136 valence electrons. The molecule has 0 unspecified atom stereocenters. The number of halogens is 1. The van der Waals surface area contributed by atoms with Gasteiger partial charge in [0.2, 0.25) is 0 Å². The highest BCUT2D eigenvalue weighted by Crippen LogP contribution is 2.35. The Morgan fingerprint density at radius 2 is 1.22 bits per heavy atom. The zero-order valence-corrected chi connectivity index (χ0v) is 16.8. The molecule has 0 aliphatic heterocycles. The maximum Gasteiger partial charge on any atom is 0.325 e. The molecule has 0 saturated heterocycles. The van der Waals surface area contributed by atoms with Gasteiger partial charge in [-0.2, -0.15) is 0 Å². The van der Waals surface area contributed by atoms with Gasteiger partial charge >= 0.3 is 7.60 Å². The van der Waals surface area contributed by atoms with Gasteiger partial charge in [-0.15, -0.1) is 0 Å². The number of aromatic nitrogens is 1. The van der Waals surface area contributed by atoms with Crippen LogP contribution in [0.4, 0.5) is 0 Å². The first-order valence-corrected chi connectivity index (χ1v) is 10.3. The number of hydrogen-bond acceptors (Lipinski definition) is 1. The molecule has 0 saturated carbocycles. The van der Waals surface area contributed by atoms with Crippen LogP contribution in [0.1, 0.15) is 71.1 Å². The molecule has 0 fully saturated rings. The monoisotopic (exact) mass is 409 g/mol. The van der Waals surface area contributed by atoms with Crippen molar-refractivity contribution in [2.45, 2.75) is 71.1 Å². The van der Waals surface area contributed by atoms with Crippen molar-refractivity contribution in [3.05, 3.63) is 30.6 Å². The number of aromatic amines is 1. The quantitative estimate of drug-likeness (QED) is 0.430.